The van der Waals surface area contributed by atoms with Crippen molar-refractivity contribution >= 4 is 39.3 Å². The summed E-state index contributed by atoms with van der Waals surface area (Å²) in [5.74, 6) is 0.169. The van der Waals surface area contributed by atoms with Crippen LogP contribution in [0.4, 0.5) is 5.69 Å². The molecule has 0 saturated carbocycles. The first-order valence-electron chi connectivity index (χ1n) is 7.29. The van der Waals surface area contributed by atoms with Gasteiger partial charge in [0.1, 0.15) is 5.75 Å². The van der Waals surface area contributed by atoms with Gasteiger partial charge < -0.3 is 10.4 Å². The maximum atomic E-state index is 12.2. The van der Waals surface area contributed by atoms with E-state index in [0.29, 0.717) is 16.5 Å². The highest BCUT2D eigenvalue weighted by molar-refractivity contribution is 9.10. The summed E-state index contributed by atoms with van der Waals surface area (Å²) in [5.41, 5.74) is 2.52. The molecular weight excluding hydrogens is 406 g/mol. The van der Waals surface area contributed by atoms with E-state index < -0.39 is 0 Å². The van der Waals surface area contributed by atoms with Crippen molar-refractivity contribution in [1.82, 2.24) is 20.2 Å². The summed E-state index contributed by atoms with van der Waals surface area (Å²) >= 11 is 4.66. The van der Waals surface area contributed by atoms with Crippen LogP contribution in [0.2, 0.25) is 0 Å². The lowest BCUT2D eigenvalue weighted by Crippen LogP contribution is -2.15. The molecule has 9 heteroatoms. The molecule has 0 radical (unpaired) electrons. The van der Waals surface area contributed by atoms with Gasteiger partial charge in [0, 0.05) is 4.47 Å². The number of nitrogens with zero attached hydrogens (tertiary/aromatic N) is 4. The van der Waals surface area contributed by atoms with Crippen LogP contribution < -0.4 is 5.32 Å². The van der Waals surface area contributed by atoms with Gasteiger partial charge >= 0.3 is 0 Å². The molecule has 3 rings (SSSR count). The predicted molar refractivity (Wildman–Crippen MR) is 99.1 cm³/mol. The first-order valence-corrected chi connectivity index (χ1v) is 9.07. The lowest BCUT2D eigenvalue weighted by atomic mass is 10.2. The average molecular weight is 420 g/mol. The van der Waals surface area contributed by atoms with E-state index in [1.165, 1.54) is 16.4 Å². The van der Waals surface area contributed by atoms with Crippen molar-refractivity contribution in [2.24, 2.45) is 0 Å². The van der Waals surface area contributed by atoms with Crippen molar-refractivity contribution in [3.05, 3.63) is 52.5 Å². The molecule has 0 bridgehead atoms. The standard InChI is InChI=1S/C16H14BrN5O2S/c1-10-2-7-14(13(17)8-10)18-15(24)9-25-16-19-20-21-22(16)11-3-5-12(23)6-4-11/h2-8,23H,9H2,1H3,(H,18,24). The lowest BCUT2D eigenvalue weighted by Gasteiger charge is -2.08. The van der Waals surface area contributed by atoms with Crippen LogP contribution in [0.15, 0.2) is 52.1 Å². The van der Waals surface area contributed by atoms with Gasteiger partial charge in [0.15, 0.2) is 0 Å². The monoisotopic (exact) mass is 419 g/mol. The molecule has 0 saturated heterocycles. The van der Waals surface area contributed by atoms with Gasteiger partial charge in [-0.3, -0.25) is 4.79 Å². The SMILES string of the molecule is Cc1ccc(NC(=O)CSc2nnnn2-c2ccc(O)cc2)c(Br)c1. The van der Waals surface area contributed by atoms with E-state index in [2.05, 4.69) is 36.8 Å². The van der Waals surface area contributed by atoms with Gasteiger partial charge in [-0.1, -0.05) is 17.8 Å². The number of carbonyl (C=O) groups is 1. The third kappa shape index (κ3) is 4.37. The van der Waals surface area contributed by atoms with Crippen molar-refractivity contribution < 1.29 is 9.90 Å². The minimum Gasteiger partial charge on any atom is -0.508 e. The predicted octanol–water partition coefficient (Wildman–Crippen LogP) is 3.17. The van der Waals surface area contributed by atoms with Gasteiger partial charge in [-0.05, 0) is 75.2 Å². The van der Waals surface area contributed by atoms with Crippen LogP contribution in [0.3, 0.4) is 0 Å². The summed E-state index contributed by atoms with van der Waals surface area (Å²) in [5, 5.41) is 24.2. The molecule has 2 N–H and O–H groups in total. The molecule has 1 amide bonds. The normalized spacial score (nSPS) is 10.6. The molecule has 2 aromatic carbocycles. The number of aromatic hydroxyl groups is 1. The first kappa shape index (κ1) is 17.4. The Morgan fingerprint density at radius 2 is 2.04 bits per heavy atom. The molecular formula is C16H14BrN5O2S. The van der Waals surface area contributed by atoms with Crippen molar-refractivity contribution in [2.75, 3.05) is 11.1 Å². The molecule has 0 aliphatic rings. The summed E-state index contributed by atoms with van der Waals surface area (Å²) < 4.78 is 2.35. The summed E-state index contributed by atoms with van der Waals surface area (Å²) in [6.45, 7) is 1.98. The molecule has 25 heavy (non-hydrogen) atoms. The zero-order chi connectivity index (χ0) is 17.8. The van der Waals surface area contributed by atoms with E-state index in [4.69, 9.17) is 0 Å². The number of thioether (sulfide) groups is 1. The fourth-order valence-electron chi connectivity index (χ4n) is 2.06. The van der Waals surface area contributed by atoms with Crippen LogP contribution in [0.1, 0.15) is 5.56 Å². The van der Waals surface area contributed by atoms with Gasteiger partial charge in [0.25, 0.3) is 0 Å². The number of phenolic OH excluding ortho intramolecular Hbond substituents is 1. The minimum absolute atomic E-state index is 0.158. The van der Waals surface area contributed by atoms with Gasteiger partial charge in [0.05, 0.1) is 17.1 Å². The zero-order valence-electron chi connectivity index (χ0n) is 13.2. The smallest absolute Gasteiger partial charge is 0.234 e. The van der Waals surface area contributed by atoms with Crippen LogP contribution in [-0.2, 0) is 4.79 Å². The number of phenols is 1. The number of nitrogens with one attached hydrogen (secondary N) is 1. The molecule has 7 nitrogen and oxygen atoms in total. The number of anilines is 1. The number of tetrazole rings is 1. The van der Waals surface area contributed by atoms with E-state index in [-0.39, 0.29) is 17.4 Å². The number of carbonyl (C=O) groups excluding carboxylic acids is 1. The number of aromatic nitrogens is 4. The second-order valence-electron chi connectivity index (χ2n) is 5.21. The van der Waals surface area contributed by atoms with E-state index >= 15 is 0 Å². The molecule has 0 aliphatic carbocycles. The second kappa shape index (κ2) is 7.66. The Balaban J connectivity index is 1.65. The lowest BCUT2D eigenvalue weighted by molar-refractivity contribution is -0.113. The first-order chi connectivity index (χ1) is 12.0. The Hall–Kier alpha value is -2.39. The molecule has 128 valence electrons. The van der Waals surface area contributed by atoms with Crippen molar-refractivity contribution in [2.45, 2.75) is 12.1 Å². The number of hydrogen-bond acceptors (Lipinski definition) is 6. The summed E-state index contributed by atoms with van der Waals surface area (Å²) in [6.07, 6.45) is 0. The highest BCUT2D eigenvalue weighted by Crippen LogP contribution is 2.24. The van der Waals surface area contributed by atoms with Gasteiger partial charge in [-0.25, -0.2) is 0 Å². The van der Waals surface area contributed by atoms with Crippen LogP contribution in [0, 0.1) is 6.92 Å². The molecule has 0 atom stereocenters. The summed E-state index contributed by atoms with van der Waals surface area (Å²) in [7, 11) is 0. The van der Waals surface area contributed by atoms with E-state index in [9.17, 15) is 9.90 Å². The average Bonchev–Trinajstić information content (AvgIpc) is 3.05. The highest BCUT2D eigenvalue weighted by Gasteiger charge is 2.12. The van der Waals surface area contributed by atoms with Crippen LogP contribution >= 0.6 is 27.7 Å². The van der Waals surface area contributed by atoms with Gasteiger partial charge in [-0.15, -0.1) is 5.10 Å². The Kier molecular flexibility index (Phi) is 5.34. The third-order valence-electron chi connectivity index (χ3n) is 3.27. The summed E-state index contributed by atoms with van der Waals surface area (Å²) in [6, 6.07) is 12.2. The van der Waals surface area contributed by atoms with E-state index in [1.54, 1.807) is 24.3 Å². The zero-order valence-corrected chi connectivity index (χ0v) is 15.6. The molecule has 0 spiro atoms. The third-order valence-corrected chi connectivity index (χ3v) is 4.84. The maximum absolute atomic E-state index is 12.2. The highest BCUT2D eigenvalue weighted by atomic mass is 79.9. The Bertz CT molecular complexity index is 898. The molecule has 1 aromatic heterocycles. The topological polar surface area (TPSA) is 92.9 Å². The number of hydrogen-bond donors (Lipinski definition) is 2. The van der Waals surface area contributed by atoms with Crippen LogP contribution in [0.25, 0.3) is 5.69 Å². The van der Waals surface area contributed by atoms with Gasteiger partial charge in [0.2, 0.25) is 11.1 Å². The minimum atomic E-state index is -0.158. The number of amides is 1. The number of rotatable bonds is 5. The quantitative estimate of drug-likeness (QED) is 0.616. The summed E-state index contributed by atoms with van der Waals surface area (Å²) in [4.78, 5) is 12.2. The number of benzene rings is 2. The number of halogens is 1. The molecule has 0 unspecified atom stereocenters. The van der Waals surface area contributed by atoms with Crippen molar-refractivity contribution in [1.29, 1.82) is 0 Å². The molecule has 0 aliphatic heterocycles. The van der Waals surface area contributed by atoms with Crippen LogP contribution in [-0.4, -0.2) is 37.0 Å². The Morgan fingerprint density at radius 3 is 2.76 bits per heavy atom. The largest absolute Gasteiger partial charge is 0.508 e. The van der Waals surface area contributed by atoms with Crippen molar-refractivity contribution in [3.8, 4) is 11.4 Å². The molecule has 3 aromatic rings. The fraction of sp³-hybridized carbons (Fsp3) is 0.125. The maximum Gasteiger partial charge on any atom is 0.234 e. The van der Waals surface area contributed by atoms with Crippen LogP contribution in [0.5, 0.6) is 5.75 Å². The second-order valence-corrected chi connectivity index (χ2v) is 7.01. The molecule has 1 heterocycles. The van der Waals surface area contributed by atoms with E-state index in [1.807, 2.05) is 25.1 Å². The van der Waals surface area contributed by atoms with Crippen molar-refractivity contribution in [3.63, 3.8) is 0 Å². The molecule has 0 fully saturated rings. The Labute approximate surface area is 156 Å². The van der Waals surface area contributed by atoms with E-state index in [0.717, 1.165) is 10.0 Å². The Morgan fingerprint density at radius 1 is 1.28 bits per heavy atom. The van der Waals surface area contributed by atoms with Gasteiger partial charge in [-0.2, -0.15) is 4.68 Å². The number of aryl methyl sites for hydroxylation is 1. The fourth-order valence-corrected chi connectivity index (χ4v) is 3.35.